The highest BCUT2D eigenvalue weighted by Gasteiger charge is 2.32. The highest BCUT2D eigenvalue weighted by atomic mass is 79.9. The third kappa shape index (κ3) is 5.57. The van der Waals surface area contributed by atoms with Gasteiger partial charge in [-0.1, -0.05) is 41.5 Å². The Labute approximate surface area is 214 Å². The molecule has 0 heterocycles. The Kier molecular flexibility index (Phi) is 7.83. The summed E-state index contributed by atoms with van der Waals surface area (Å²) in [6.07, 6.45) is -1.16. The molecule has 34 heavy (non-hydrogen) atoms. The number of hydrogen-bond donors (Lipinski definition) is 0. The third-order valence-electron chi connectivity index (χ3n) is 5.17. The van der Waals surface area contributed by atoms with Crippen molar-refractivity contribution < 1.29 is 24.1 Å². The van der Waals surface area contributed by atoms with Crippen molar-refractivity contribution in [3.8, 4) is 11.5 Å². The Hall–Kier alpha value is -2.53. The third-order valence-corrected chi connectivity index (χ3v) is 7.17. The van der Waals surface area contributed by atoms with E-state index in [2.05, 4.69) is 31.9 Å². The van der Waals surface area contributed by atoms with Crippen LogP contribution in [-0.4, -0.2) is 16.0 Å². The van der Waals surface area contributed by atoms with Crippen LogP contribution in [0.4, 0.5) is 16.2 Å². The van der Waals surface area contributed by atoms with Crippen molar-refractivity contribution >= 4 is 49.4 Å². The lowest BCUT2D eigenvalue weighted by atomic mass is 9.83. The molecule has 9 nitrogen and oxygen atoms in total. The number of hydrogen-bond acceptors (Lipinski definition) is 7. The van der Waals surface area contributed by atoms with E-state index in [4.69, 9.17) is 9.47 Å². The van der Waals surface area contributed by atoms with Gasteiger partial charge in [-0.15, -0.1) is 0 Å². The van der Waals surface area contributed by atoms with Crippen LogP contribution < -0.4 is 9.47 Å². The van der Waals surface area contributed by atoms with Crippen LogP contribution in [0.2, 0.25) is 0 Å². The van der Waals surface area contributed by atoms with Crippen LogP contribution in [0.5, 0.6) is 11.5 Å². The average molecular weight is 602 g/mol. The second-order valence-electron chi connectivity index (χ2n) is 9.88. The van der Waals surface area contributed by atoms with E-state index >= 15 is 0 Å². The number of benzene rings is 2. The summed E-state index contributed by atoms with van der Waals surface area (Å²) in [4.78, 5) is 34.8. The number of nitro groups is 2. The zero-order chi connectivity index (χ0) is 26.3. The molecule has 0 radical (unpaired) electrons. The van der Waals surface area contributed by atoms with Gasteiger partial charge < -0.3 is 9.47 Å². The van der Waals surface area contributed by atoms with Gasteiger partial charge in [-0.2, -0.15) is 0 Å². The molecule has 0 aliphatic rings. The van der Waals surface area contributed by atoms with Gasteiger partial charge in [0.1, 0.15) is 11.5 Å². The van der Waals surface area contributed by atoms with Crippen LogP contribution in [0.15, 0.2) is 21.1 Å². The molecule has 0 bridgehead atoms. The lowest BCUT2D eigenvalue weighted by molar-refractivity contribution is -0.385. The van der Waals surface area contributed by atoms with Gasteiger partial charge in [0, 0.05) is 11.1 Å². The maximum atomic E-state index is 12.9. The molecule has 0 aromatic heterocycles. The Morgan fingerprint density at radius 3 is 1.29 bits per heavy atom. The van der Waals surface area contributed by atoms with Gasteiger partial charge in [0.15, 0.2) is 0 Å². The van der Waals surface area contributed by atoms with Crippen LogP contribution in [0.3, 0.4) is 0 Å². The summed E-state index contributed by atoms with van der Waals surface area (Å²) in [6, 6.07) is 2.33. The molecule has 0 unspecified atom stereocenters. The topological polar surface area (TPSA) is 122 Å². The number of nitro benzene ring substituents is 2. The molecule has 184 valence electrons. The Bertz CT molecular complexity index is 1100. The number of nitrogens with zero attached hydrogens (tertiary/aromatic N) is 2. The molecule has 0 spiro atoms. The molecule has 2 rings (SSSR count). The van der Waals surface area contributed by atoms with E-state index in [9.17, 15) is 25.0 Å². The summed E-state index contributed by atoms with van der Waals surface area (Å²) in [6.45, 7) is 14.7. The van der Waals surface area contributed by atoms with E-state index in [1.807, 2.05) is 41.5 Å². The van der Waals surface area contributed by atoms with Crippen molar-refractivity contribution in [1.29, 1.82) is 0 Å². The van der Waals surface area contributed by atoms with E-state index in [1.54, 1.807) is 13.8 Å². The molecule has 2 aromatic carbocycles. The number of halogens is 2. The van der Waals surface area contributed by atoms with Crippen molar-refractivity contribution in [2.24, 2.45) is 0 Å². The predicted molar refractivity (Wildman–Crippen MR) is 135 cm³/mol. The van der Waals surface area contributed by atoms with Gasteiger partial charge in [0.2, 0.25) is 0 Å². The molecule has 11 heteroatoms. The van der Waals surface area contributed by atoms with Crippen molar-refractivity contribution in [3.63, 3.8) is 0 Å². The first kappa shape index (κ1) is 27.7. The van der Waals surface area contributed by atoms with Crippen LogP contribution in [0.1, 0.15) is 63.8 Å². The fourth-order valence-electron chi connectivity index (χ4n) is 3.98. The summed E-state index contributed by atoms with van der Waals surface area (Å²) in [7, 11) is 0. The van der Waals surface area contributed by atoms with Gasteiger partial charge in [-0.05, 0) is 67.7 Å². The van der Waals surface area contributed by atoms with Crippen LogP contribution in [0.25, 0.3) is 0 Å². The second-order valence-corrected chi connectivity index (χ2v) is 11.5. The van der Waals surface area contributed by atoms with Crippen molar-refractivity contribution in [2.75, 3.05) is 0 Å². The maximum Gasteiger partial charge on any atom is 0.519 e. The minimum atomic E-state index is -1.16. The quantitative estimate of drug-likeness (QED) is 0.151. The molecule has 0 atom stereocenters. The minimum absolute atomic E-state index is 0.0226. The van der Waals surface area contributed by atoms with E-state index in [-0.39, 0.29) is 31.8 Å². The average Bonchev–Trinajstić information content (AvgIpc) is 2.64. The molecule has 0 fully saturated rings. The van der Waals surface area contributed by atoms with Gasteiger partial charge in [-0.3, -0.25) is 20.2 Å². The fourth-order valence-corrected chi connectivity index (χ4v) is 4.90. The summed E-state index contributed by atoms with van der Waals surface area (Å²) < 4.78 is 11.5. The molecule has 0 saturated carbocycles. The molecule has 0 saturated heterocycles. The summed E-state index contributed by atoms with van der Waals surface area (Å²) in [5.41, 5.74) is 0.677. The number of carbonyl (C=O) groups is 1. The molecule has 0 aliphatic heterocycles. The summed E-state index contributed by atoms with van der Waals surface area (Å²) in [5, 5.41) is 23.1. The largest absolute Gasteiger partial charge is 0.519 e. The van der Waals surface area contributed by atoms with Gasteiger partial charge in [-0.25, -0.2) is 4.79 Å². The number of ether oxygens (including phenoxy) is 2. The van der Waals surface area contributed by atoms with Crippen LogP contribution in [-0.2, 0) is 10.8 Å². The highest BCUT2D eigenvalue weighted by molar-refractivity contribution is 9.11. The van der Waals surface area contributed by atoms with Gasteiger partial charge in [0.05, 0.1) is 30.9 Å². The van der Waals surface area contributed by atoms with E-state index in [0.29, 0.717) is 22.3 Å². The first-order valence-corrected chi connectivity index (χ1v) is 11.8. The molecule has 2 aromatic rings. The zero-order valence-corrected chi connectivity index (χ0v) is 23.3. The SMILES string of the molecule is Cc1c(Br)c([N+](=O)[O-])cc(OC(=O)Oc2cc([N+](=O)[O-])c(Br)c(C)c2C(C)(C)C)c1C(C)(C)C. The normalized spacial score (nSPS) is 11.8. The monoisotopic (exact) mass is 600 g/mol. The van der Waals surface area contributed by atoms with Crippen molar-refractivity contribution in [2.45, 2.75) is 66.2 Å². The Morgan fingerprint density at radius 1 is 0.765 bits per heavy atom. The highest BCUT2D eigenvalue weighted by Crippen LogP contribution is 2.44. The lowest BCUT2D eigenvalue weighted by Crippen LogP contribution is -2.23. The van der Waals surface area contributed by atoms with E-state index in [1.165, 1.54) is 12.1 Å². The zero-order valence-electron chi connectivity index (χ0n) is 20.2. The molecule has 0 aliphatic carbocycles. The molecular formula is C23H26Br2N2O7. The van der Waals surface area contributed by atoms with Crippen LogP contribution >= 0.6 is 31.9 Å². The van der Waals surface area contributed by atoms with Crippen molar-refractivity contribution in [1.82, 2.24) is 0 Å². The number of rotatable bonds is 4. The standard InChI is InChI=1S/C23H26Br2N2O7/c1-11-17(22(3,4)5)15(9-13(19(11)24)26(29)30)33-21(28)34-16-10-14(27(31)32)20(25)12(2)18(16)23(6,7)8/h9-10H,1-8H3. The summed E-state index contributed by atoms with van der Waals surface area (Å²) >= 11 is 6.53. The number of carbonyl (C=O) groups excluding carboxylic acids is 1. The van der Waals surface area contributed by atoms with E-state index in [0.717, 1.165) is 0 Å². The van der Waals surface area contributed by atoms with Crippen molar-refractivity contribution in [3.05, 3.63) is 63.6 Å². The Balaban J connectivity index is 2.63. The lowest BCUT2D eigenvalue weighted by Gasteiger charge is -2.26. The van der Waals surface area contributed by atoms with E-state index < -0.39 is 26.8 Å². The Morgan fingerprint density at radius 2 is 1.06 bits per heavy atom. The second kappa shape index (κ2) is 9.61. The fraction of sp³-hybridized carbons (Fsp3) is 0.435. The summed E-state index contributed by atoms with van der Waals surface area (Å²) in [5.74, 6) is -0.0453. The smallest absolute Gasteiger partial charge is 0.394 e. The van der Waals surface area contributed by atoms with Gasteiger partial charge in [0.25, 0.3) is 11.4 Å². The van der Waals surface area contributed by atoms with Crippen LogP contribution in [0, 0.1) is 34.1 Å². The molecule has 0 amide bonds. The minimum Gasteiger partial charge on any atom is -0.394 e. The van der Waals surface area contributed by atoms with Gasteiger partial charge >= 0.3 is 6.16 Å². The predicted octanol–water partition coefficient (Wildman–Crippen LogP) is 7.82. The molecular weight excluding hydrogens is 576 g/mol. The first-order valence-electron chi connectivity index (χ1n) is 10.2. The first-order chi connectivity index (χ1) is 15.4. The maximum absolute atomic E-state index is 12.9. The molecule has 0 N–H and O–H groups in total.